The van der Waals surface area contributed by atoms with Gasteiger partial charge in [0.05, 0.1) is 0 Å². The summed E-state index contributed by atoms with van der Waals surface area (Å²) in [6.45, 7) is 4.14. The van der Waals surface area contributed by atoms with Crippen molar-refractivity contribution < 1.29 is 28.2 Å². The van der Waals surface area contributed by atoms with Crippen molar-refractivity contribution >= 4 is 11.9 Å². The Labute approximate surface area is 116 Å². The third-order valence-electron chi connectivity index (χ3n) is 3.17. The minimum absolute atomic E-state index is 0.0232. The van der Waals surface area contributed by atoms with E-state index in [0.29, 0.717) is 13.1 Å². The van der Waals surface area contributed by atoms with Gasteiger partial charge < -0.3 is 14.7 Å². The molecule has 1 amide bonds. The number of carbonyl (C=O) groups is 2. The van der Waals surface area contributed by atoms with E-state index in [9.17, 15) is 23.5 Å². The molecule has 0 saturated heterocycles. The molecule has 1 N–H and O–H groups in total. The van der Waals surface area contributed by atoms with Crippen LogP contribution in [0.2, 0.25) is 0 Å². The Morgan fingerprint density at radius 1 is 1.50 bits per heavy atom. The lowest BCUT2D eigenvalue weighted by Crippen LogP contribution is -2.49. The maximum atomic E-state index is 13.6. The van der Waals surface area contributed by atoms with E-state index in [4.69, 9.17) is 4.74 Å². The lowest BCUT2D eigenvalue weighted by molar-refractivity contribution is -0.165. The monoisotopic (exact) mass is 291 g/mol. The molecule has 0 aliphatic heterocycles. The summed E-state index contributed by atoms with van der Waals surface area (Å²) in [7, 11) is 0. The Kier molecular flexibility index (Phi) is 5.62. The molecule has 0 radical (unpaired) electrons. The second-order valence-electron chi connectivity index (χ2n) is 4.48. The molecule has 0 fully saturated rings. The van der Waals surface area contributed by atoms with E-state index >= 15 is 0 Å². The number of alkyl halides is 2. The lowest BCUT2D eigenvalue weighted by atomic mass is 9.96. The second kappa shape index (κ2) is 6.78. The molecule has 0 aromatic heterocycles. The zero-order chi connectivity index (χ0) is 15.3. The van der Waals surface area contributed by atoms with Crippen LogP contribution in [0, 0.1) is 0 Å². The molecule has 5 nitrogen and oxygen atoms in total. The molecule has 114 valence electrons. The summed E-state index contributed by atoms with van der Waals surface area (Å²) >= 11 is 0. The molecule has 20 heavy (non-hydrogen) atoms. The van der Waals surface area contributed by atoms with Crippen LogP contribution in [0.1, 0.15) is 26.7 Å². The highest BCUT2D eigenvalue weighted by molar-refractivity contribution is 5.92. The summed E-state index contributed by atoms with van der Waals surface area (Å²) in [6, 6.07) is 0. The Bertz CT molecular complexity index is 394. The van der Waals surface area contributed by atoms with Gasteiger partial charge in [0, 0.05) is 13.1 Å². The number of ketones is 1. The van der Waals surface area contributed by atoms with E-state index in [-0.39, 0.29) is 12.8 Å². The Morgan fingerprint density at radius 2 is 2.10 bits per heavy atom. The third kappa shape index (κ3) is 3.53. The van der Waals surface area contributed by atoms with Crippen LogP contribution in [0.4, 0.5) is 13.6 Å². The van der Waals surface area contributed by atoms with E-state index in [0.717, 1.165) is 6.08 Å². The van der Waals surface area contributed by atoms with E-state index in [1.807, 2.05) is 0 Å². The van der Waals surface area contributed by atoms with E-state index < -0.39 is 30.0 Å². The highest BCUT2D eigenvalue weighted by Gasteiger charge is 2.50. The average Bonchev–Trinajstić information content (AvgIpc) is 2.41. The van der Waals surface area contributed by atoms with Crippen molar-refractivity contribution in [2.24, 2.45) is 0 Å². The molecular formula is C13H19F2NO4. The van der Waals surface area contributed by atoms with Crippen molar-refractivity contribution in [3.8, 4) is 0 Å². The largest absolute Gasteiger partial charge is 0.438 e. The van der Waals surface area contributed by atoms with Crippen LogP contribution in [0.3, 0.4) is 0 Å². The molecule has 0 spiro atoms. The molecule has 7 heteroatoms. The molecule has 0 heterocycles. The zero-order valence-electron chi connectivity index (χ0n) is 11.5. The van der Waals surface area contributed by atoms with Crippen LogP contribution in [-0.2, 0) is 9.53 Å². The summed E-state index contributed by atoms with van der Waals surface area (Å²) in [6.07, 6.45) is -2.05. The number of nitrogens with zero attached hydrogens (tertiary/aromatic N) is 1. The number of hydrogen-bond acceptors (Lipinski definition) is 4. The number of Topliss-reactive ketones (excluding diaryl/α,β-unsaturated/α-hetero) is 1. The van der Waals surface area contributed by atoms with Crippen molar-refractivity contribution in [2.75, 3.05) is 13.1 Å². The molecule has 0 unspecified atom stereocenters. The SMILES string of the molecule is CCN(CC)C(=O)O[C@H]1CC/C=C\[C@H](O)C(F)(F)C1=O. The lowest BCUT2D eigenvalue weighted by Gasteiger charge is -2.27. The molecule has 2 atom stereocenters. The molecule has 0 bridgehead atoms. The highest BCUT2D eigenvalue weighted by atomic mass is 19.3. The Hall–Kier alpha value is -1.50. The van der Waals surface area contributed by atoms with Crippen molar-refractivity contribution in [1.82, 2.24) is 4.90 Å². The third-order valence-corrected chi connectivity index (χ3v) is 3.17. The molecule has 1 aliphatic carbocycles. The number of aliphatic hydroxyl groups excluding tert-OH is 1. The van der Waals surface area contributed by atoms with Gasteiger partial charge in [-0.1, -0.05) is 12.2 Å². The van der Waals surface area contributed by atoms with E-state index in [1.165, 1.54) is 11.0 Å². The molecule has 0 aromatic carbocycles. The number of carbonyl (C=O) groups excluding carboxylic acids is 2. The summed E-state index contributed by atoms with van der Waals surface area (Å²) in [4.78, 5) is 24.7. The van der Waals surface area contributed by atoms with Gasteiger partial charge >= 0.3 is 12.0 Å². The van der Waals surface area contributed by atoms with Crippen LogP contribution >= 0.6 is 0 Å². The predicted molar refractivity (Wildman–Crippen MR) is 67.5 cm³/mol. The summed E-state index contributed by atoms with van der Waals surface area (Å²) in [5.41, 5.74) is 0. The number of amides is 1. The summed E-state index contributed by atoms with van der Waals surface area (Å²) in [5, 5.41) is 9.26. The molecule has 0 aromatic rings. The first-order valence-corrected chi connectivity index (χ1v) is 6.57. The first-order chi connectivity index (χ1) is 9.34. The zero-order valence-corrected chi connectivity index (χ0v) is 11.5. The number of ether oxygens (including phenoxy) is 1. The van der Waals surface area contributed by atoms with Gasteiger partial charge in [0.15, 0.2) is 6.10 Å². The summed E-state index contributed by atoms with van der Waals surface area (Å²) < 4.78 is 32.2. The Balaban J connectivity index is 2.86. The van der Waals surface area contributed by atoms with E-state index in [1.54, 1.807) is 13.8 Å². The first kappa shape index (κ1) is 16.6. The number of hydrogen-bond donors (Lipinski definition) is 1. The van der Waals surface area contributed by atoms with Gasteiger partial charge in [0.1, 0.15) is 6.10 Å². The molecule has 0 saturated carbocycles. The number of allylic oxidation sites excluding steroid dienone is 1. The number of rotatable bonds is 3. The smallest absolute Gasteiger partial charge is 0.410 e. The normalized spacial score (nSPS) is 27.4. The van der Waals surface area contributed by atoms with Crippen molar-refractivity contribution in [1.29, 1.82) is 0 Å². The standard InChI is InChI=1S/C13H19F2NO4/c1-3-16(4-2)12(19)20-9-7-5-6-8-10(17)13(14,15)11(9)18/h6,8-10,17H,3-5,7H2,1-2H3/b8-6-/t9-,10-/m0/s1. The summed E-state index contributed by atoms with van der Waals surface area (Å²) in [5.74, 6) is -5.51. The fourth-order valence-corrected chi connectivity index (χ4v) is 1.88. The van der Waals surface area contributed by atoms with Gasteiger partial charge in [-0.25, -0.2) is 4.79 Å². The number of aliphatic hydroxyl groups is 1. The van der Waals surface area contributed by atoms with Gasteiger partial charge in [0.2, 0.25) is 5.78 Å². The van der Waals surface area contributed by atoms with Crippen LogP contribution in [0.15, 0.2) is 12.2 Å². The minimum atomic E-state index is -3.95. The average molecular weight is 291 g/mol. The maximum absolute atomic E-state index is 13.6. The van der Waals surface area contributed by atoms with Gasteiger partial charge in [-0.15, -0.1) is 0 Å². The van der Waals surface area contributed by atoms with Crippen molar-refractivity contribution in [2.45, 2.75) is 44.8 Å². The maximum Gasteiger partial charge on any atom is 0.410 e. The van der Waals surface area contributed by atoms with Gasteiger partial charge in [0.25, 0.3) is 0 Å². The Morgan fingerprint density at radius 3 is 2.65 bits per heavy atom. The topological polar surface area (TPSA) is 66.8 Å². The van der Waals surface area contributed by atoms with Crippen LogP contribution < -0.4 is 0 Å². The van der Waals surface area contributed by atoms with Crippen molar-refractivity contribution in [3.63, 3.8) is 0 Å². The fourth-order valence-electron chi connectivity index (χ4n) is 1.88. The van der Waals surface area contributed by atoms with Crippen LogP contribution in [0.25, 0.3) is 0 Å². The quantitative estimate of drug-likeness (QED) is 0.804. The first-order valence-electron chi connectivity index (χ1n) is 6.57. The van der Waals surface area contributed by atoms with Gasteiger partial charge in [-0.05, 0) is 26.7 Å². The molecule has 1 aliphatic rings. The molecular weight excluding hydrogens is 272 g/mol. The van der Waals surface area contributed by atoms with Gasteiger partial charge in [-0.3, -0.25) is 4.79 Å². The predicted octanol–water partition coefficient (Wildman–Crippen LogP) is 1.75. The van der Waals surface area contributed by atoms with Crippen LogP contribution in [-0.4, -0.2) is 53.1 Å². The highest BCUT2D eigenvalue weighted by Crippen LogP contribution is 2.27. The van der Waals surface area contributed by atoms with Crippen molar-refractivity contribution in [3.05, 3.63) is 12.2 Å². The second-order valence-corrected chi connectivity index (χ2v) is 4.48. The number of halogens is 2. The fraction of sp³-hybridized carbons (Fsp3) is 0.692. The van der Waals surface area contributed by atoms with E-state index in [2.05, 4.69) is 0 Å². The molecule has 1 rings (SSSR count). The minimum Gasteiger partial charge on any atom is -0.438 e. The van der Waals surface area contributed by atoms with Crippen LogP contribution in [0.5, 0.6) is 0 Å². The van der Waals surface area contributed by atoms with Gasteiger partial charge in [-0.2, -0.15) is 8.78 Å².